The van der Waals surface area contributed by atoms with E-state index in [0.29, 0.717) is 6.42 Å². The number of hydrogen-bond donors (Lipinski definition) is 1. The molecule has 0 radical (unpaired) electrons. The normalized spacial score (nSPS) is 14.2. The van der Waals surface area contributed by atoms with Gasteiger partial charge < -0.3 is 5.11 Å². The van der Waals surface area contributed by atoms with E-state index >= 15 is 0 Å². The average molecular weight is 705 g/mol. The molecule has 2 heteroatoms. The number of hydrogen-bond acceptors (Lipinski definition) is 1. The zero-order valence-electron chi connectivity index (χ0n) is 36.2. The standard InChI is InChI=1S/C30H62.C18H34O2/c1-25(2)15-11-19-29(7)23-13-21-27(5)17-9-10-18-28(6)22-14-24-30(8)20-12-16-26(3)4;1-2-3-4-5-6-7-8-9-10-11-12-13-14-15-16-17-18(19)20/h25-30H,9-24H2,1-8H3;9-10H,2-8,11-17H2,1H3,(H,19,20)/b;10-9-. The number of carboxylic acids is 1. The first-order chi connectivity index (χ1) is 24.0. The van der Waals surface area contributed by atoms with Crippen molar-refractivity contribution in [2.24, 2.45) is 35.5 Å². The molecular weight excluding hydrogens is 609 g/mol. The van der Waals surface area contributed by atoms with Crippen LogP contribution >= 0.6 is 0 Å². The third kappa shape index (κ3) is 45.2. The molecule has 0 aliphatic carbocycles. The molecular formula is C48H96O2. The molecule has 4 atom stereocenters. The monoisotopic (exact) mass is 705 g/mol. The van der Waals surface area contributed by atoms with E-state index in [-0.39, 0.29) is 0 Å². The van der Waals surface area contributed by atoms with Crippen molar-refractivity contribution in [3.8, 4) is 0 Å². The van der Waals surface area contributed by atoms with Crippen molar-refractivity contribution in [1.29, 1.82) is 0 Å². The molecule has 0 fully saturated rings. The Morgan fingerprint density at radius 1 is 0.400 bits per heavy atom. The van der Waals surface area contributed by atoms with Crippen LogP contribution in [0.1, 0.15) is 255 Å². The zero-order valence-corrected chi connectivity index (χ0v) is 36.2. The van der Waals surface area contributed by atoms with E-state index in [0.717, 1.165) is 48.3 Å². The second kappa shape index (κ2) is 39.4. The van der Waals surface area contributed by atoms with Crippen LogP contribution in [0.15, 0.2) is 12.2 Å². The van der Waals surface area contributed by atoms with E-state index in [1.54, 1.807) is 0 Å². The molecule has 0 aliphatic rings. The van der Waals surface area contributed by atoms with Gasteiger partial charge in [0.25, 0.3) is 0 Å². The first kappa shape index (κ1) is 51.3. The van der Waals surface area contributed by atoms with Crippen LogP contribution < -0.4 is 0 Å². The predicted octanol–water partition coefficient (Wildman–Crippen LogP) is 17.2. The minimum atomic E-state index is -0.664. The van der Waals surface area contributed by atoms with Crippen molar-refractivity contribution < 1.29 is 9.90 Å². The molecule has 0 rings (SSSR count). The summed E-state index contributed by atoms with van der Waals surface area (Å²) in [5.74, 6) is 4.85. The molecule has 0 bridgehead atoms. The van der Waals surface area contributed by atoms with Crippen LogP contribution in [0, 0.1) is 35.5 Å². The van der Waals surface area contributed by atoms with E-state index in [4.69, 9.17) is 5.11 Å². The second-order valence-corrected chi connectivity index (χ2v) is 17.9. The molecule has 0 aromatic carbocycles. The van der Waals surface area contributed by atoms with Gasteiger partial charge in [-0.3, -0.25) is 4.79 Å². The summed E-state index contributed by atoms with van der Waals surface area (Å²) in [4.78, 5) is 10.3. The van der Waals surface area contributed by atoms with Gasteiger partial charge in [0.1, 0.15) is 0 Å². The van der Waals surface area contributed by atoms with E-state index in [9.17, 15) is 4.79 Å². The lowest BCUT2D eigenvalue weighted by Crippen LogP contribution is -2.01. The topological polar surface area (TPSA) is 37.3 Å². The van der Waals surface area contributed by atoms with Gasteiger partial charge in [0, 0.05) is 6.42 Å². The lowest BCUT2D eigenvalue weighted by atomic mass is 9.90. The molecule has 0 saturated heterocycles. The van der Waals surface area contributed by atoms with Gasteiger partial charge in [0.05, 0.1) is 0 Å². The summed E-state index contributed by atoms with van der Waals surface area (Å²) in [5, 5.41) is 8.51. The number of rotatable bonds is 36. The van der Waals surface area contributed by atoms with Crippen LogP contribution in [0.2, 0.25) is 0 Å². The molecule has 0 aliphatic heterocycles. The maximum absolute atomic E-state index is 10.3. The number of carboxylic acid groups (broad SMARTS) is 1. The molecule has 0 saturated carbocycles. The van der Waals surface area contributed by atoms with Crippen LogP contribution in [0.4, 0.5) is 0 Å². The summed E-state index contributed by atoms with van der Waals surface area (Å²) in [6.07, 6.45) is 44.4. The van der Waals surface area contributed by atoms with E-state index < -0.39 is 5.97 Å². The van der Waals surface area contributed by atoms with E-state index in [2.05, 4.69) is 74.5 Å². The Labute approximate surface area is 317 Å². The maximum atomic E-state index is 10.3. The Morgan fingerprint density at radius 2 is 0.700 bits per heavy atom. The smallest absolute Gasteiger partial charge is 0.303 e. The van der Waals surface area contributed by atoms with Gasteiger partial charge in [-0.2, -0.15) is 0 Å². The highest BCUT2D eigenvalue weighted by Gasteiger charge is 2.09. The van der Waals surface area contributed by atoms with Gasteiger partial charge in [-0.25, -0.2) is 0 Å². The number of aliphatic carboxylic acids is 1. The molecule has 0 amide bonds. The summed E-state index contributed by atoms with van der Waals surface area (Å²) in [7, 11) is 0. The minimum Gasteiger partial charge on any atom is -0.481 e. The Kier molecular flexibility index (Phi) is 40.5. The average Bonchev–Trinajstić information content (AvgIpc) is 3.04. The summed E-state index contributed by atoms with van der Waals surface area (Å²) >= 11 is 0. The van der Waals surface area contributed by atoms with Crippen molar-refractivity contribution in [2.45, 2.75) is 255 Å². The van der Waals surface area contributed by atoms with Crippen molar-refractivity contribution in [3.05, 3.63) is 12.2 Å². The van der Waals surface area contributed by atoms with Crippen LogP contribution in [-0.4, -0.2) is 11.1 Å². The number of allylic oxidation sites excluding steroid dienone is 2. The fourth-order valence-electron chi connectivity index (χ4n) is 7.29. The number of carbonyl (C=O) groups is 1. The Balaban J connectivity index is 0. The Bertz CT molecular complexity index is 660. The molecule has 50 heavy (non-hydrogen) atoms. The van der Waals surface area contributed by atoms with Crippen molar-refractivity contribution in [1.82, 2.24) is 0 Å². The molecule has 2 nitrogen and oxygen atoms in total. The van der Waals surface area contributed by atoms with E-state index in [1.165, 1.54) is 173 Å². The SMILES string of the molecule is CC(C)CCCC(C)CCCC(C)CCCCC(C)CCCC(C)CCCC(C)C.CCCCCCCC/C=C\CCCCCCCC(=O)O. The van der Waals surface area contributed by atoms with Crippen LogP contribution in [0.5, 0.6) is 0 Å². The predicted molar refractivity (Wildman–Crippen MR) is 227 cm³/mol. The van der Waals surface area contributed by atoms with E-state index in [1.807, 2.05) is 0 Å². The second-order valence-electron chi connectivity index (χ2n) is 17.9. The summed E-state index contributed by atoms with van der Waals surface area (Å²) in [6.45, 7) is 21.6. The van der Waals surface area contributed by atoms with Gasteiger partial charge in [0.2, 0.25) is 0 Å². The van der Waals surface area contributed by atoms with Crippen molar-refractivity contribution in [2.75, 3.05) is 0 Å². The molecule has 0 aromatic rings. The first-order valence-corrected chi connectivity index (χ1v) is 22.8. The zero-order chi connectivity index (χ0) is 37.7. The summed E-state index contributed by atoms with van der Waals surface area (Å²) < 4.78 is 0. The summed E-state index contributed by atoms with van der Waals surface area (Å²) in [6, 6.07) is 0. The van der Waals surface area contributed by atoms with Crippen LogP contribution in [0.25, 0.3) is 0 Å². The molecule has 0 spiro atoms. The highest BCUT2D eigenvalue weighted by Crippen LogP contribution is 2.24. The third-order valence-corrected chi connectivity index (χ3v) is 11.0. The first-order valence-electron chi connectivity index (χ1n) is 22.8. The highest BCUT2D eigenvalue weighted by atomic mass is 16.4. The summed E-state index contributed by atoms with van der Waals surface area (Å²) in [5.41, 5.74) is 0. The molecule has 0 aromatic heterocycles. The Hall–Kier alpha value is -0.790. The van der Waals surface area contributed by atoms with Gasteiger partial charge in [-0.15, -0.1) is 0 Å². The third-order valence-electron chi connectivity index (χ3n) is 11.0. The molecule has 0 heterocycles. The van der Waals surface area contributed by atoms with Gasteiger partial charge in [-0.1, -0.05) is 229 Å². The van der Waals surface area contributed by atoms with Gasteiger partial charge >= 0.3 is 5.97 Å². The van der Waals surface area contributed by atoms with Crippen molar-refractivity contribution >= 4 is 5.97 Å². The highest BCUT2D eigenvalue weighted by molar-refractivity contribution is 5.66. The lowest BCUT2D eigenvalue weighted by Gasteiger charge is -2.16. The minimum absolute atomic E-state index is 0.332. The fraction of sp³-hybridized carbons (Fsp3) is 0.938. The van der Waals surface area contributed by atoms with Gasteiger partial charge in [0.15, 0.2) is 0 Å². The van der Waals surface area contributed by atoms with Crippen molar-refractivity contribution in [3.63, 3.8) is 0 Å². The quantitative estimate of drug-likeness (QED) is 0.0521. The maximum Gasteiger partial charge on any atom is 0.303 e. The molecule has 300 valence electrons. The van der Waals surface area contributed by atoms with Gasteiger partial charge in [-0.05, 0) is 67.6 Å². The Morgan fingerprint density at radius 3 is 1.04 bits per heavy atom. The largest absolute Gasteiger partial charge is 0.481 e. The van der Waals surface area contributed by atoms with Crippen LogP contribution in [0.3, 0.4) is 0 Å². The fourth-order valence-corrected chi connectivity index (χ4v) is 7.29. The molecule has 4 unspecified atom stereocenters. The molecule has 1 N–H and O–H groups in total. The van der Waals surface area contributed by atoms with Crippen LogP contribution in [-0.2, 0) is 4.79 Å². The number of unbranched alkanes of at least 4 members (excludes halogenated alkanes) is 12. The lowest BCUT2D eigenvalue weighted by molar-refractivity contribution is -0.137.